The molecule has 7 aliphatic rings. The number of aliphatic hydroxyl groups is 4. The van der Waals surface area contributed by atoms with Crippen LogP contribution < -0.4 is 0 Å². The Morgan fingerprint density at radius 3 is 1.12 bits per heavy atom. The van der Waals surface area contributed by atoms with Crippen LogP contribution in [0.25, 0.3) is 0 Å². The predicted octanol–water partition coefficient (Wildman–Crippen LogP) is 28.6. The van der Waals surface area contributed by atoms with Gasteiger partial charge in [-0.05, 0) is 130 Å². The number of hydrogen-bond acceptors (Lipinski definition) is 8. The quantitative estimate of drug-likeness (QED) is 0.0351. The normalized spacial score (nSPS) is 33.7. The molecule has 7 rings (SSSR count). The summed E-state index contributed by atoms with van der Waals surface area (Å²) in [6.45, 7) is 19.8. The average molecular weight is 1480 g/mol. The number of hydrogen-bond donors (Lipinski definition) is 4. The highest BCUT2D eigenvalue weighted by Gasteiger charge is 2.77. The molecular formula is C97H182O8. The first-order valence-corrected chi connectivity index (χ1v) is 48.6. The van der Waals surface area contributed by atoms with E-state index in [1.54, 1.807) is 0 Å². The minimum atomic E-state index is -1.95. The third-order valence-electron chi connectivity index (χ3n) is 30.9. The molecule has 105 heavy (non-hydrogen) atoms. The van der Waals surface area contributed by atoms with Crippen LogP contribution in [0.15, 0.2) is 0 Å². The first-order valence-electron chi connectivity index (χ1n) is 48.6. The van der Waals surface area contributed by atoms with Crippen molar-refractivity contribution < 1.29 is 39.4 Å². The zero-order valence-corrected chi connectivity index (χ0v) is 71.6. The van der Waals surface area contributed by atoms with Gasteiger partial charge in [0.15, 0.2) is 5.79 Å². The Kier molecular flexibility index (Phi) is 43.8. The van der Waals surface area contributed by atoms with E-state index in [-0.39, 0.29) is 29.1 Å². The standard InChI is InChI=1S/C97H182O8/c1-9-13-17-21-25-29-33-37-41-45-49-53-57-61-70-93(99)89(79-98)105-97(73-64-60-56-52-48-44-40-36-32-28-24-20-16-12-4,103-84-68-74-91(7)83(77-84)65-66-85-86(91)69-75-92(8)87(85)78-88-90(92)82(6)94(104-88)76-67-81(5)80-102-94)96(101,72-63-59-55-51-47-43-39-35-31-27-23-19-15-11-3)95(93,100)71-62-58-54-50-46-42-38-34-30-26-22-18-14-10-2/h81-90,98-101H,9-80H2,1-8H3/t81-,82+,83+,84+,85-,86+,87+,88+,89-,90+,91+,92+,93-,94-,95+,96-,97-/m1/s1. The van der Waals surface area contributed by atoms with Crippen LogP contribution in [-0.4, -0.2) is 80.3 Å². The minimum absolute atomic E-state index is 0.154. The van der Waals surface area contributed by atoms with Crippen molar-refractivity contribution >= 4 is 0 Å². The van der Waals surface area contributed by atoms with Gasteiger partial charge in [0.25, 0.3) is 0 Å². The van der Waals surface area contributed by atoms with Gasteiger partial charge >= 0.3 is 0 Å². The average Bonchev–Trinajstić information content (AvgIpc) is 1.64. The summed E-state index contributed by atoms with van der Waals surface area (Å²) >= 11 is 0. The summed E-state index contributed by atoms with van der Waals surface area (Å²) in [6.07, 6.45) is 81.7. The van der Waals surface area contributed by atoms with Gasteiger partial charge in [-0.15, -0.1) is 0 Å². The Balaban J connectivity index is 1.11. The molecule has 17 atom stereocenters. The zero-order valence-electron chi connectivity index (χ0n) is 71.6. The summed E-state index contributed by atoms with van der Waals surface area (Å²) in [5.74, 6) is 2.20. The molecule has 3 heterocycles. The van der Waals surface area contributed by atoms with Gasteiger partial charge in [0.2, 0.25) is 5.79 Å². The number of fused-ring (bicyclic) bond motifs is 7. The molecule has 0 aromatic rings. The van der Waals surface area contributed by atoms with Gasteiger partial charge in [0.1, 0.15) is 22.9 Å². The molecule has 0 amide bonds. The molecule has 0 bridgehead atoms. The third-order valence-corrected chi connectivity index (χ3v) is 30.9. The number of ether oxygens (including phenoxy) is 4. The second kappa shape index (κ2) is 50.1. The number of aliphatic hydroxyl groups excluding tert-OH is 1. The van der Waals surface area contributed by atoms with Crippen molar-refractivity contribution in [1.29, 1.82) is 0 Å². The Hall–Kier alpha value is -0.320. The van der Waals surface area contributed by atoms with E-state index in [4.69, 9.17) is 18.9 Å². The third kappa shape index (κ3) is 26.6. The molecule has 8 nitrogen and oxygen atoms in total. The van der Waals surface area contributed by atoms with Gasteiger partial charge in [-0.3, -0.25) is 0 Å². The maximum absolute atomic E-state index is 15.0. The molecule has 0 unspecified atom stereocenters. The highest BCUT2D eigenvalue weighted by molar-refractivity contribution is 5.24. The van der Waals surface area contributed by atoms with Crippen molar-refractivity contribution in [1.82, 2.24) is 0 Å². The molecule has 0 aromatic carbocycles. The van der Waals surface area contributed by atoms with Crippen molar-refractivity contribution in [2.75, 3.05) is 13.2 Å². The van der Waals surface area contributed by atoms with E-state index in [1.165, 1.54) is 321 Å². The number of rotatable bonds is 63. The molecule has 3 aliphatic heterocycles. The van der Waals surface area contributed by atoms with Crippen molar-refractivity contribution in [2.24, 2.45) is 52.3 Å². The van der Waals surface area contributed by atoms with Crippen LogP contribution >= 0.6 is 0 Å². The van der Waals surface area contributed by atoms with E-state index >= 15 is 0 Å². The lowest BCUT2D eigenvalue weighted by molar-refractivity contribution is -0.462. The molecule has 4 N–H and O–H groups in total. The largest absolute Gasteiger partial charge is 0.394 e. The lowest BCUT2D eigenvalue weighted by Gasteiger charge is -2.66. The summed E-state index contributed by atoms with van der Waals surface area (Å²) in [5.41, 5.74) is -5.23. The van der Waals surface area contributed by atoms with Gasteiger partial charge in [0, 0.05) is 18.8 Å². The van der Waals surface area contributed by atoms with Crippen molar-refractivity contribution in [3.05, 3.63) is 0 Å². The second-order valence-corrected chi connectivity index (χ2v) is 38.8. The monoisotopic (exact) mass is 1480 g/mol. The topological polar surface area (TPSA) is 118 Å². The molecule has 7 fully saturated rings. The molecule has 4 aliphatic carbocycles. The SMILES string of the molecule is CCCCCCCCCCCCCCCC[C@@]1(O[C@H]2CC[C@@]3(C)[C@@H](CC[C@@H]4[C@@H]3CC[C@]3(C)[C@@H]5[C@H](C[C@@H]43)O[C@]3(CC[C@@H](C)CO3)[C@H]5C)C2)O[C@H](CO)[C@](O)(CCCCCCCCCCCCCCCC)[C@@](O)(CCCCCCCCCCCCCCCC)[C@]1(O)CCCCCCCCCCCCCCCC. The Bertz CT molecular complexity index is 2160. The smallest absolute Gasteiger partial charge is 0.201 e. The maximum Gasteiger partial charge on any atom is 0.201 e. The van der Waals surface area contributed by atoms with E-state index in [0.717, 1.165) is 109 Å². The molecule has 4 saturated carbocycles. The Labute approximate surface area is 652 Å². The van der Waals surface area contributed by atoms with E-state index in [2.05, 4.69) is 55.4 Å². The van der Waals surface area contributed by atoms with Crippen molar-refractivity contribution in [3.8, 4) is 0 Å². The van der Waals surface area contributed by atoms with E-state index in [1.807, 2.05) is 0 Å². The molecule has 0 radical (unpaired) electrons. The zero-order chi connectivity index (χ0) is 75.0. The summed E-state index contributed by atoms with van der Waals surface area (Å²) in [7, 11) is 0. The van der Waals surface area contributed by atoms with E-state index < -0.39 is 35.3 Å². The van der Waals surface area contributed by atoms with Crippen LogP contribution in [0.3, 0.4) is 0 Å². The van der Waals surface area contributed by atoms with Crippen LogP contribution in [0.4, 0.5) is 0 Å². The van der Waals surface area contributed by atoms with E-state index in [0.29, 0.717) is 66.8 Å². The first kappa shape index (κ1) is 91.9. The predicted molar refractivity (Wildman–Crippen MR) is 446 cm³/mol. The molecule has 1 spiro atoms. The van der Waals surface area contributed by atoms with Crippen molar-refractivity contribution in [3.63, 3.8) is 0 Å². The number of unbranched alkanes of at least 4 members (excludes halogenated alkanes) is 52. The maximum atomic E-state index is 15.0. The Morgan fingerprint density at radius 1 is 0.362 bits per heavy atom. The van der Waals surface area contributed by atoms with Crippen LogP contribution in [0.1, 0.15) is 505 Å². The van der Waals surface area contributed by atoms with Gasteiger partial charge in [-0.25, -0.2) is 0 Å². The lowest BCUT2D eigenvalue weighted by atomic mass is 9.44. The van der Waals surface area contributed by atoms with Crippen LogP contribution in [0.2, 0.25) is 0 Å². The highest BCUT2D eigenvalue weighted by atomic mass is 16.7. The fraction of sp³-hybridized carbons (Fsp3) is 1.00. The van der Waals surface area contributed by atoms with Gasteiger partial charge in [0.05, 0.1) is 25.4 Å². The van der Waals surface area contributed by atoms with Crippen molar-refractivity contribution in [2.45, 2.75) is 552 Å². The van der Waals surface area contributed by atoms with Crippen LogP contribution in [0.5, 0.6) is 0 Å². The molecule has 3 saturated heterocycles. The summed E-state index contributed by atoms with van der Waals surface area (Å²) in [4.78, 5) is 0. The van der Waals surface area contributed by atoms with Gasteiger partial charge < -0.3 is 39.4 Å². The fourth-order valence-electron chi connectivity index (χ4n) is 24.1. The van der Waals surface area contributed by atoms with E-state index in [9.17, 15) is 20.4 Å². The summed E-state index contributed by atoms with van der Waals surface area (Å²) < 4.78 is 29.7. The van der Waals surface area contributed by atoms with Crippen LogP contribution in [-0.2, 0) is 18.9 Å². The molecule has 0 aromatic heterocycles. The summed E-state index contributed by atoms with van der Waals surface area (Å²) in [6, 6.07) is 0. The fourth-order valence-corrected chi connectivity index (χ4v) is 24.1. The summed E-state index contributed by atoms with van der Waals surface area (Å²) in [5, 5.41) is 55.8. The molecule has 618 valence electrons. The molecule has 8 heteroatoms. The lowest BCUT2D eigenvalue weighted by Crippen LogP contribution is -2.84. The van der Waals surface area contributed by atoms with Gasteiger partial charge in [-0.1, -0.05) is 409 Å². The molecular weight excluding hydrogens is 1290 g/mol. The van der Waals surface area contributed by atoms with Gasteiger partial charge in [-0.2, -0.15) is 0 Å². The van der Waals surface area contributed by atoms with Crippen LogP contribution in [0, 0.1) is 52.3 Å². The Morgan fingerprint density at radius 2 is 0.733 bits per heavy atom. The highest BCUT2D eigenvalue weighted by Crippen LogP contribution is 2.72. The minimum Gasteiger partial charge on any atom is -0.394 e. The second-order valence-electron chi connectivity index (χ2n) is 38.8. The first-order chi connectivity index (χ1) is 51.1.